The van der Waals surface area contributed by atoms with Gasteiger partial charge in [-0.3, -0.25) is 0 Å². The maximum absolute atomic E-state index is 2.38. The van der Waals surface area contributed by atoms with E-state index in [-0.39, 0.29) is 0 Å². The van der Waals surface area contributed by atoms with E-state index >= 15 is 0 Å². The normalized spacial score (nSPS) is 21.7. The van der Waals surface area contributed by atoms with Crippen LogP contribution in [0.2, 0.25) is 0 Å². The molecule has 0 saturated heterocycles. The van der Waals surface area contributed by atoms with Crippen LogP contribution in [0.4, 0.5) is 0 Å². The summed E-state index contributed by atoms with van der Waals surface area (Å²) in [7, 11) is 1.31. The highest BCUT2D eigenvalue weighted by atomic mass is 28.1. The van der Waals surface area contributed by atoms with E-state index in [4.69, 9.17) is 0 Å². The van der Waals surface area contributed by atoms with E-state index in [0.717, 1.165) is 0 Å². The summed E-state index contributed by atoms with van der Waals surface area (Å²) in [5.74, 6) is 0. The van der Waals surface area contributed by atoms with E-state index in [1.165, 1.54) is 29.5 Å². The van der Waals surface area contributed by atoms with Crippen LogP contribution in [0.25, 0.3) is 0 Å². The van der Waals surface area contributed by atoms with Crippen LogP contribution in [0.5, 0.6) is 0 Å². The molecule has 1 aliphatic carbocycles. The van der Waals surface area contributed by atoms with Crippen molar-refractivity contribution >= 4 is 10.2 Å². The molecule has 6 heavy (non-hydrogen) atoms. The predicted octanol–water partition coefficient (Wildman–Crippen LogP) is 0.420. The predicted molar refractivity (Wildman–Crippen MR) is 31.9 cm³/mol. The first-order chi connectivity index (χ1) is 2.89. The molecule has 1 aliphatic rings. The van der Waals surface area contributed by atoms with Gasteiger partial charge in [0.25, 0.3) is 0 Å². The fraction of sp³-hybridized carbons (Fsp3) is 0.600. The molecule has 0 fully saturated rings. The second-order valence-corrected chi connectivity index (χ2v) is 3.23. The lowest BCUT2D eigenvalue weighted by molar-refractivity contribution is 0.924. The molecule has 34 valence electrons. The highest BCUT2D eigenvalue weighted by Gasteiger charge is 1.94. The molecule has 0 heterocycles. The first-order valence-corrected chi connectivity index (χ1v) is 3.55. The number of rotatable bonds is 0. The Kier molecular flexibility index (Phi) is 1.10. The molecule has 0 aromatic heterocycles. The van der Waals surface area contributed by atoms with E-state index < -0.39 is 0 Å². The van der Waals surface area contributed by atoms with Crippen LogP contribution in [0.15, 0.2) is 11.3 Å². The van der Waals surface area contributed by atoms with Gasteiger partial charge in [-0.2, -0.15) is 0 Å². The SMILES string of the molecule is [SiH3]C1=CCCC1. The molecular formula is C5H10Si. The zero-order valence-corrected chi connectivity index (χ0v) is 6.20. The van der Waals surface area contributed by atoms with Crippen molar-refractivity contribution in [1.29, 1.82) is 0 Å². The van der Waals surface area contributed by atoms with E-state index in [1.54, 1.807) is 5.20 Å². The van der Waals surface area contributed by atoms with Crippen molar-refractivity contribution in [1.82, 2.24) is 0 Å². The summed E-state index contributed by atoms with van der Waals surface area (Å²) in [6.45, 7) is 0. The average Bonchev–Trinajstić information content (AvgIpc) is 1.86. The second kappa shape index (κ2) is 1.60. The topological polar surface area (TPSA) is 0 Å². The molecule has 0 spiro atoms. The molecule has 0 aliphatic heterocycles. The van der Waals surface area contributed by atoms with Crippen molar-refractivity contribution in [3.63, 3.8) is 0 Å². The highest BCUT2D eigenvalue weighted by molar-refractivity contribution is 6.21. The zero-order chi connectivity index (χ0) is 4.41. The zero-order valence-electron chi connectivity index (χ0n) is 4.20. The Hall–Kier alpha value is -0.0431. The number of hydrogen-bond donors (Lipinski definition) is 0. The van der Waals surface area contributed by atoms with Crippen LogP contribution in [-0.4, -0.2) is 10.2 Å². The van der Waals surface area contributed by atoms with Gasteiger partial charge in [0.1, 0.15) is 0 Å². The van der Waals surface area contributed by atoms with Gasteiger partial charge in [-0.15, -0.1) is 0 Å². The van der Waals surface area contributed by atoms with E-state index in [1.807, 2.05) is 0 Å². The van der Waals surface area contributed by atoms with Gasteiger partial charge in [-0.05, 0) is 19.3 Å². The minimum Gasteiger partial charge on any atom is -0.0956 e. The molecule has 0 radical (unpaired) electrons. The maximum atomic E-state index is 2.38. The van der Waals surface area contributed by atoms with Gasteiger partial charge in [0.05, 0.1) is 0 Å². The largest absolute Gasteiger partial charge is 0.0956 e. The Morgan fingerprint density at radius 3 is 2.67 bits per heavy atom. The van der Waals surface area contributed by atoms with Crippen LogP contribution < -0.4 is 0 Å². The molecule has 1 rings (SSSR count). The van der Waals surface area contributed by atoms with E-state index in [0.29, 0.717) is 0 Å². The smallest absolute Gasteiger partial charge is 0.0328 e. The molecule has 0 unspecified atom stereocenters. The quantitative estimate of drug-likeness (QED) is 0.385. The Morgan fingerprint density at radius 1 is 1.67 bits per heavy atom. The van der Waals surface area contributed by atoms with Gasteiger partial charge in [-0.1, -0.05) is 11.3 Å². The summed E-state index contributed by atoms with van der Waals surface area (Å²) in [4.78, 5) is 0. The minimum atomic E-state index is 1.31. The summed E-state index contributed by atoms with van der Waals surface area (Å²) < 4.78 is 0. The standard InChI is InChI=1S/C5H10Si/c6-5-3-1-2-4-5/h3H,1-2,4H2,6H3. The third-order valence-electron chi connectivity index (χ3n) is 1.27. The third-order valence-corrected chi connectivity index (χ3v) is 2.18. The molecule has 0 atom stereocenters. The molecular weight excluding hydrogens is 88.1 g/mol. The Labute approximate surface area is 41.7 Å². The van der Waals surface area contributed by atoms with Crippen LogP contribution in [0.3, 0.4) is 0 Å². The van der Waals surface area contributed by atoms with Gasteiger partial charge in [0, 0.05) is 10.2 Å². The molecule has 0 aromatic carbocycles. The molecule has 0 N–H and O–H groups in total. The lowest BCUT2D eigenvalue weighted by Gasteiger charge is -1.79. The van der Waals surface area contributed by atoms with Crippen LogP contribution >= 0.6 is 0 Å². The van der Waals surface area contributed by atoms with Gasteiger partial charge in [-0.25, -0.2) is 0 Å². The summed E-state index contributed by atoms with van der Waals surface area (Å²) in [5.41, 5.74) is 0. The number of allylic oxidation sites excluding steroid dienone is 2. The fourth-order valence-electron chi connectivity index (χ4n) is 0.831. The van der Waals surface area contributed by atoms with Crippen molar-refractivity contribution in [3.05, 3.63) is 11.3 Å². The monoisotopic (exact) mass is 98.1 g/mol. The van der Waals surface area contributed by atoms with Crippen molar-refractivity contribution in [2.75, 3.05) is 0 Å². The van der Waals surface area contributed by atoms with Gasteiger partial charge >= 0.3 is 0 Å². The third kappa shape index (κ3) is 0.715. The van der Waals surface area contributed by atoms with Crippen LogP contribution in [-0.2, 0) is 0 Å². The summed E-state index contributed by atoms with van der Waals surface area (Å²) >= 11 is 0. The lowest BCUT2D eigenvalue weighted by atomic mass is 10.4. The van der Waals surface area contributed by atoms with Crippen molar-refractivity contribution in [2.24, 2.45) is 0 Å². The van der Waals surface area contributed by atoms with E-state index in [9.17, 15) is 0 Å². The molecule has 1 heteroatoms. The fourth-order valence-corrected chi connectivity index (χ4v) is 1.47. The average molecular weight is 98.2 g/mol. The Balaban J connectivity index is 2.45. The van der Waals surface area contributed by atoms with E-state index in [2.05, 4.69) is 6.08 Å². The Bertz CT molecular complexity index is 74.0. The molecule has 0 nitrogen and oxygen atoms in total. The lowest BCUT2D eigenvalue weighted by Crippen LogP contribution is -1.68. The first kappa shape index (κ1) is 4.12. The van der Waals surface area contributed by atoms with Gasteiger partial charge in [0.2, 0.25) is 0 Å². The summed E-state index contributed by atoms with van der Waals surface area (Å²) in [5, 5.41) is 1.72. The summed E-state index contributed by atoms with van der Waals surface area (Å²) in [6, 6.07) is 0. The molecule has 0 bridgehead atoms. The second-order valence-electron chi connectivity index (χ2n) is 1.94. The van der Waals surface area contributed by atoms with Gasteiger partial charge < -0.3 is 0 Å². The summed E-state index contributed by atoms with van der Waals surface area (Å²) in [6.07, 6.45) is 6.58. The highest BCUT2D eigenvalue weighted by Crippen LogP contribution is 2.12. The molecule has 0 saturated carbocycles. The maximum Gasteiger partial charge on any atom is 0.0328 e. The first-order valence-electron chi connectivity index (χ1n) is 2.55. The molecule has 0 aromatic rings. The molecule has 0 amide bonds. The van der Waals surface area contributed by atoms with Crippen molar-refractivity contribution < 1.29 is 0 Å². The Morgan fingerprint density at radius 2 is 2.50 bits per heavy atom. The van der Waals surface area contributed by atoms with Crippen molar-refractivity contribution in [3.8, 4) is 0 Å². The minimum absolute atomic E-state index is 1.31. The van der Waals surface area contributed by atoms with Gasteiger partial charge in [0.15, 0.2) is 0 Å². The number of hydrogen-bond acceptors (Lipinski definition) is 0. The van der Waals surface area contributed by atoms with Crippen LogP contribution in [0.1, 0.15) is 19.3 Å². The van der Waals surface area contributed by atoms with Crippen LogP contribution in [0, 0.1) is 0 Å². The van der Waals surface area contributed by atoms with Crippen molar-refractivity contribution in [2.45, 2.75) is 19.3 Å².